The van der Waals surface area contributed by atoms with E-state index in [4.69, 9.17) is 10.6 Å². The fourth-order valence-corrected chi connectivity index (χ4v) is 1.32. The third-order valence-corrected chi connectivity index (χ3v) is 2.37. The Labute approximate surface area is 67.6 Å². The van der Waals surface area contributed by atoms with Crippen LogP contribution >= 0.6 is 0 Å². The Morgan fingerprint density at radius 1 is 1.45 bits per heavy atom. The lowest BCUT2D eigenvalue weighted by atomic mass is 10.00. The molecule has 0 aliphatic carbocycles. The number of hydrogen-bond donors (Lipinski definition) is 2. The van der Waals surface area contributed by atoms with Crippen molar-refractivity contribution in [2.75, 3.05) is 27.2 Å². The molecule has 0 aromatic carbocycles. The minimum Gasteiger partial charge on any atom is -0.313 e. The summed E-state index contributed by atoms with van der Waals surface area (Å²) < 4.78 is 0. The van der Waals surface area contributed by atoms with Gasteiger partial charge in [0.2, 0.25) is 0 Å². The first-order valence-electron chi connectivity index (χ1n) is 3.97. The Balaban J connectivity index is 2.35. The van der Waals surface area contributed by atoms with Crippen LogP contribution in [0.5, 0.6) is 0 Å². The first-order valence-corrected chi connectivity index (χ1v) is 3.97. The normalized spacial score (nSPS) is 25.4. The summed E-state index contributed by atoms with van der Waals surface area (Å²) in [6, 6.07) is 0. The van der Waals surface area contributed by atoms with Crippen molar-refractivity contribution < 1.29 is 4.84 Å². The summed E-state index contributed by atoms with van der Waals surface area (Å²) in [5.74, 6) is 0. The standard InChI is InChI=1S/C7H17N3O/c1-9-7(8)3-5-10(11-2)6-4-7/h9H,3-6,8H2,1-2H3. The van der Waals surface area contributed by atoms with Gasteiger partial charge in [0.15, 0.2) is 0 Å². The molecule has 4 heteroatoms. The summed E-state index contributed by atoms with van der Waals surface area (Å²) in [6.45, 7) is 1.82. The molecule has 1 saturated heterocycles. The van der Waals surface area contributed by atoms with Gasteiger partial charge in [-0.05, 0) is 19.9 Å². The molecular weight excluding hydrogens is 142 g/mol. The van der Waals surface area contributed by atoms with Crippen LogP contribution in [-0.4, -0.2) is 38.0 Å². The average molecular weight is 159 g/mol. The first-order chi connectivity index (χ1) is 5.20. The van der Waals surface area contributed by atoms with E-state index in [1.807, 2.05) is 12.1 Å². The maximum absolute atomic E-state index is 5.98. The van der Waals surface area contributed by atoms with Crippen molar-refractivity contribution in [1.82, 2.24) is 10.4 Å². The number of nitrogens with one attached hydrogen (secondary N) is 1. The minimum atomic E-state index is -0.172. The highest BCUT2D eigenvalue weighted by Crippen LogP contribution is 2.15. The first kappa shape index (κ1) is 8.93. The molecule has 1 aliphatic rings. The molecule has 1 rings (SSSR count). The van der Waals surface area contributed by atoms with Crippen molar-refractivity contribution in [2.45, 2.75) is 18.5 Å². The summed E-state index contributed by atoms with van der Waals surface area (Å²) in [7, 11) is 3.60. The average Bonchev–Trinajstić information content (AvgIpc) is 2.06. The molecule has 4 nitrogen and oxygen atoms in total. The second-order valence-electron chi connectivity index (χ2n) is 3.02. The van der Waals surface area contributed by atoms with Gasteiger partial charge in [-0.1, -0.05) is 0 Å². The molecule has 0 spiro atoms. The second-order valence-corrected chi connectivity index (χ2v) is 3.02. The third-order valence-electron chi connectivity index (χ3n) is 2.37. The van der Waals surface area contributed by atoms with Gasteiger partial charge >= 0.3 is 0 Å². The van der Waals surface area contributed by atoms with Gasteiger partial charge in [-0.3, -0.25) is 0 Å². The van der Waals surface area contributed by atoms with Crippen molar-refractivity contribution in [1.29, 1.82) is 0 Å². The zero-order valence-corrected chi connectivity index (χ0v) is 7.26. The van der Waals surface area contributed by atoms with Crippen LogP contribution in [0.15, 0.2) is 0 Å². The van der Waals surface area contributed by atoms with Crippen LogP contribution in [0.2, 0.25) is 0 Å². The van der Waals surface area contributed by atoms with Crippen LogP contribution in [0.3, 0.4) is 0 Å². The molecule has 3 N–H and O–H groups in total. The Morgan fingerprint density at radius 3 is 2.36 bits per heavy atom. The molecule has 0 saturated carbocycles. The SMILES string of the molecule is CNC1(N)CCN(OC)CC1. The van der Waals surface area contributed by atoms with E-state index in [0.717, 1.165) is 25.9 Å². The fraction of sp³-hybridized carbons (Fsp3) is 1.00. The lowest BCUT2D eigenvalue weighted by molar-refractivity contribution is -0.151. The molecule has 1 fully saturated rings. The maximum atomic E-state index is 5.98. The molecule has 0 bridgehead atoms. The quantitative estimate of drug-likeness (QED) is 0.534. The van der Waals surface area contributed by atoms with Crippen LogP contribution in [0, 0.1) is 0 Å². The molecular formula is C7H17N3O. The van der Waals surface area contributed by atoms with Gasteiger partial charge in [0.25, 0.3) is 0 Å². The number of hydrogen-bond acceptors (Lipinski definition) is 4. The summed E-state index contributed by atoms with van der Waals surface area (Å²) in [4.78, 5) is 5.08. The Kier molecular flexibility index (Phi) is 2.84. The topological polar surface area (TPSA) is 50.5 Å². The number of piperidine rings is 1. The number of nitrogens with zero attached hydrogens (tertiary/aromatic N) is 1. The Hall–Kier alpha value is -0.160. The van der Waals surface area contributed by atoms with Gasteiger partial charge in [-0.15, -0.1) is 0 Å². The van der Waals surface area contributed by atoms with Gasteiger partial charge in [0.05, 0.1) is 12.8 Å². The van der Waals surface area contributed by atoms with Crippen LogP contribution < -0.4 is 11.1 Å². The Bertz CT molecular complexity index is 121. The third kappa shape index (κ3) is 2.13. The lowest BCUT2D eigenvalue weighted by Gasteiger charge is -2.37. The van der Waals surface area contributed by atoms with Crippen LogP contribution in [0.4, 0.5) is 0 Å². The van der Waals surface area contributed by atoms with E-state index in [0.29, 0.717) is 0 Å². The predicted octanol–water partition coefficient (Wildman–Crippen LogP) is -0.482. The van der Waals surface area contributed by atoms with Gasteiger partial charge in [0, 0.05) is 13.1 Å². The molecule has 0 unspecified atom stereocenters. The summed E-state index contributed by atoms with van der Waals surface area (Å²) in [5, 5.41) is 5.05. The summed E-state index contributed by atoms with van der Waals surface area (Å²) in [6.07, 6.45) is 1.88. The van der Waals surface area contributed by atoms with E-state index in [9.17, 15) is 0 Å². The molecule has 1 aliphatic heterocycles. The highest BCUT2D eigenvalue weighted by Gasteiger charge is 2.28. The van der Waals surface area contributed by atoms with E-state index in [-0.39, 0.29) is 5.66 Å². The van der Waals surface area contributed by atoms with E-state index >= 15 is 0 Å². The van der Waals surface area contributed by atoms with Gasteiger partial charge in [-0.25, -0.2) is 0 Å². The molecule has 0 radical (unpaired) electrons. The number of nitrogens with two attached hydrogens (primary N) is 1. The smallest absolute Gasteiger partial charge is 0.0685 e. The summed E-state index contributed by atoms with van der Waals surface area (Å²) >= 11 is 0. The van der Waals surface area contributed by atoms with Gasteiger partial charge < -0.3 is 15.9 Å². The van der Waals surface area contributed by atoms with Crippen molar-refractivity contribution >= 4 is 0 Å². The summed E-state index contributed by atoms with van der Waals surface area (Å²) in [5.41, 5.74) is 5.81. The predicted molar refractivity (Wildman–Crippen MR) is 43.8 cm³/mol. The zero-order chi connectivity index (χ0) is 8.32. The van der Waals surface area contributed by atoms with E-state index in [1.54, 1.807) is 7.11 Å². The van der Waals surface area contributed by atoms with Gasteiger partial charge in [-0.2, -0.15) is 5.06 Å². The maximum Gasteiger partial charge on any atom is 0.0685 e. The molecule has 0 aromatic heterocycles. The van der Waals surface area contributed by atoms with E-state index in [2.05, 4.69) is 5.32 Å². The van der Waals surface area contributed by atoms with E-state index < -0.39 is 0 Å². The van der Waals surface area contributed by atoms with Crippen molar-refractivity contribution in [3.8, 4) is 0 Å². The minimum absolute atomic E-state index is 0.172. The van der Waals surface area contributed by atoms with Crippen LogP contribution in [0.25, 0.3) is 0 Å². The number of rotatable bonds is 2. The molecule has 1 heterocycles. The van der Waals surface area contributed by atoms with Crippen LogP contribution in [0.1, 0.15) is 12.8 Å². The monoisotopic (exact) mass is 159 g/mol. The fourth-order valence-electron chi connectivity index (χ4n) is 1.32. The van der Waals surface area contributed by atoms with E-state index in [1.165, 1.54) is 0 Å². The molecule has 0 aromatic rings. The lowest BCUT2D eigenvalue weighted by Crippen LogP contribution is -2.58. The molecule has 11 heavy (non-hydrogen) atoms. The molecule has 0 amide bonds. The second kappa shape index (κ2) is 3.49. The number of hydroxylamine groups is 2. The highest BCUT2D eigenvalue weighted by molar-refractivity contribution is 4.84. The Morgan fingerprint density at radius 2 is 2.00 bits per heavy atom. The van der Waals surface area contributed by atoms with Crippen molar-refractivity contribution in [3.05, 3.63) is 0 Å². The zero-order valence-electron chi connectivity index (χ0n) is 7.26. The van der Waals surface area contributed by atoms with Crippen molar-refractivity contribution in [3.63, 3.8) is 0 Å². The largest absolute Gasteiger partial charge is 0.313 e. The van der Waals surface area contributed by atoms with Crippen molar-refractivity contribution in [2.24, 2.45) is 5.73 Å². The van der Waals surface area contributed by atoms with Gasteiger partial charge in [0.1, 0.15) is 0 Å². The highest BCUT2D eigenvalue weighted by atomic mass is 16.7. The van der Waals surface area contributed by atoms with Crippen LogP contribution in [-0.2, 0) is 4.84 Å². The molecule has 0 atom stereocenters. The molecule has 66 valence electrons.